The van der Waals surface area contributed by atoms with Crippen molar-refractivity contribution in [1.29, 1.82) is 0 Å². The van der Waals surface area contributed by atoms with Gasteiger partial charge in [-0.3, -0.25) is 14.5 Å². The maximum Gasteiger partial charge on any atom is 0.328 e. The Balaban J connectivity index is 0.000000321. The molecule has 9 heteroatoms. The highest BCUT2D eigenvalue weighted by molar-refractivity contribution is 5.89. The number of aryl methyl sites for hydroxylation is 2. The van der Waals surface area contributed by atoms with Crippen molar-refractivity contribution in [2.24, 2.45) is 0 Å². The molecule has 0 aliphatic carbocycles. The van der Waals surface area contributed by atoms with Crippen molar-refractivity contribution in [3.8, 4) is 5.88 Å². The van der Waals surface area contributed by atoms with Gasteiger partial charge < -0.3 is 14.9 Å². The van der Waals surface area contributed by atoms with Gasteiger partial charge in [0.1, 0.15) is 6.61 Å². The molecule has 9 nitrogen and oxygen atoms in total. The minimum atomic E-state index is -1.26. The molecule has 3 heterocycles. The molecular formula is C20H32N4O5. The van der Waals surface area contributed by atoms with Crippen LogP contribution >= 0.6 is 0 Å². The summed E-state index contributed by atoms with van der Waals surface area (Å²) in [4.78, 5) is 24.1. The third-order valence-electron chi connectivity index (χ3n) is 5.06. The van der Waals surface area contributed by atoms with E-state index in [2.05, 4.69) is 39.5 Å². The van der Waals surface area contributed by atoms with Crippen LogP contribution in [0.2, 0.25) is 0 Å². The third kappa shape index (κ3) is 8.25. The normalized spacial score (nSPS) is 17.6. The van der Waals surface area contributed by atoms with Gasteiger partial charge in [0.15, 0.2) is 0 Å². The molecule has 1 fully saturated rings. The molecule has 0 aromatic carbocycles. The molecule has 2 N–H and O–H groups in total. The summed E-state index contributed by atoms with van der Waals surface area (Å²) in [6.07, 6.45) is 4.79. The molecule has 29 heavy (non-hydrogen) atoms. The lowest BCUT2D eigenvalue weighted by Gasteiger charge is -2.36. The topological polar surface area (TPSA) is 108 Å². The molecule has 0 spiro atoms. The standard InChI is InChI=1S/C16H28N4O.C4H4O4/c1-14(2)19-9-7-18(8-10-19)11-12-21-16-13-15-5-3-4-6-20(15)17-16;5-3(6)1-2-4(7)8/h13-14H,3-12H2,1-2H3;1-2H,(H,5,6)(H,7,8)/b;2-1-. The highest BCUT2D eigenvalue weighted by Crippen LogP contribution is 2.19. The largest absolute Gasteiger partial charge is 0.478 e. The lowest BCUT2D eigenvalue weighted by molar-refractivity contribution is -0.134. The van der Waals surface area contributed by atoms with E-state index in [1.165, 1.54) is 31.6 Å². The Bertz CT molecular complexity index is 654. The maximum atomic E-state index is 9.55. The van der Waals surface area contributed by atoms with Crippen LogP contribution in [0, 0.1) is 0 Å². The zero-order chi connectivity index (χ0) is 21.2. The molecule has 2 aliphatic rings. The van der Waals surface area contributed by atoms with Gasteiger partial charge in [-0.05, 0) is 33.1 Å². The van der Waals surface area contributed by atoms with Crippen molar-refractivity contribution in [2.45, 2.75) is 45.7 Å². The van der Waals surface area contributed by atoms with Crippen LogP contribution in [-0.4, -0.2) is 87.1 Å². The van der Waals surface area contributed by atoms with Crippen LogP contribution in [0.25, 0.3) is 0 Å². The van der Waals surface area contributed by atoms with E-state index in [4.69, 9.17) is 14.9 Å². The number of hydrogen-bond acceptors (Lipinski definition) is 6. The van der Waals surface area contributed by atoms with Crippen molar-refractivity contribution < 1.29 is 24.5 Å². The highest BCUT2D eigenvalue weighted by Gasteiger charge is 2.18. The average molecular weight is 408 g/mol. The van der Waals surface area contributed by atoms with Crippen LogP contribution < -0.4 is 4.74 Å². The van der Waals surface area contributed by atoms with E-state index in [9.17, 15) is 9.59 Å². The quantitative estimate of drug-likeness (QED) is 0.651. The Labute approximate surface area is 171 Å². The number of aromatic nitrogens is 2. The maximum absolute atomic E-state index is 9.55. The first-order chi connectivity index (χ1) is 13.8. The molecule has 0 radical (unpaired) electrons. The summed E-state index contributed by atoms with van der Waals surface area (Å²) in [6, 6.07) is 2.79. The number of hydrogen-bond donors (Lipinski definition) is 2. The second-order valence-electron chi connectivity index (χ2n) is 7.48. The number of carbonyl (C=O) groups is 2. The number of carboxylic acids is 2. The molecule has 162 valence electrons. The average Bonchev–Trinajstić information content (AvgIpc) is 3.10. The van der Waals surface area contributed by atoms with Gasteiger partial charge in [0.05, 0.1) is 0 Å². The first kappa shape index (κ1) is 22.9. The minimum absolute atomic E-state index is 0.558. The molecule has 0 bridgehead atoms. The van der Waals surface area contributed by atoms with E-state index in [1.54, 1.807) is 0 Å². The number of nitrogens with zero attached hydrogens (tertiary/aromatic N) is 4. The van der Waals surface area contributed by atoms with Crippen LogP contribution in [0.5, 0.6) is 5.88 Å². The SMILES string of the molecule is CC(C)N1CCN(CCOc2cc3n(n2)CCCC3)CC1.O=C(O)/C=C\C(=O)O. The van der Waals surface area contributed by atoms with E-state index < -0.39 is 11.9 Å². The zero-order valence-electron chi connectivity index (χ0n) is 17.3. The molecule has 2 aliphatic heterocycles. The fraction of sp³-hybridized carbons (Fsp3) is 0.650. The van der Waals surface area contributed by atoms with E-state index in [-0.39, 0.29) is 0 Å². The smallest absolute Gasteiger partial charge is 0.328 e. The fourth-order valence-electron chi connectivity index (χ4n) is 3.39. The number of aliphatic carboxylic acids is 2. The van der Waals surface area contributed by atoms with Gasteiger partial charge in [-0.15, -0.1) is 5.10 Å². The summed E-state index contributed by atoms with van der Waals surface area (Å²) in [5.41, 5.74) is 1.33. The van der Waals surface area contributed by atoms with Crippen molar-refractivity contribution >= 4 is 11.9 Å². The Morgan fingerprint density at radius 2 is 1.76 bits per heavy atom. The van der Waals surface area contributed by atoms with Crippen molar-refractivity contribution in [2.75, 3.05) is 39.3 Å². The summed E-state index contributed by atoms with van der Waals surface area (Å²) < 4.78 is 7.96. The Morgan fingerprint density at radius 1 is 1.10 bits per heavy atom. The molecule has 0 saturated carbocycles. The monoisotopic (exact) mass is 408 g/mol. The number of piperazine rings is 1. The van der Waals surface area contributed by atoms with E-state index in [1.807, 2.05) is 0 Å². The van der Waals surface area contributed by atoms with Crippen LogP contribution in [-0.2, 0) is 22.6 Å². The molecule has 0 amide bonds. The number of carboxylic acid groups (broad SMARTS) is 2. The third-order valence-corrected chi connectivity index (χ3v) is 5.06. The van der Waals surface area contributed by atoms with Gasteiger partial charge in [-0.1, -0.05) is 0 Å². The molecule has 1 aromatic heterocycles. The lowest BCUT2D eigenvalue weighted by Crippen LogP contribution is -2.49. The lowest BCUT2D eigenvalue weighted by atomic mass is 10.1. The molecule has 1 saturated heterocycles. The number of fused-ring (bicyclic) bond motifs is 1. The van der Waals surface area contributed by atoms with Gasteiger partial charge >= 0.3 is 11.9 Å². The van der Waals surface area contributed by atoms with E-state index in [0.29, 0.717) is 18.2 Å². The molecule has 1 aromatic rings. The van der Waals surface area contributed by atoms with Gasteiger partial charge in [0, 0.05) is 69.2 Å². The highest BCUT2D eigenvalue weighted by atomic mass is 16.5. The summed E-state index contributed by atoms with van der Waals surface area (Å²) in [5.74, 6) is -1.70. The zero-order valence-corrected chi connectivity index (χ0v) is 17.3. The van der Waals surface area contributed by atoms with Gasteiger partial charge in [-0.25, -0.2) is 9.59 Å². The molecule has 0 unspecified atom stereocenters. The van der Waals surface area contributed by atoms with E-state index >= 15 is 0 Å². The molecule has 0 atom stereocenters. The van der Waals surface area contributed by atoms with Crippen molar-refractivity contribution in [3.63, 3.8) is 0 Å². The van der Waals surface area contributed by atoms with Crippen LogP contribution in [0.1, 0.15) is 32.4 Å². The van der Waals surface area contributed by atoms with Gasteiger partial charge in [0.2, 0.25) is 5.88 Å². The number of ether oxygens (including phenoxy) is 1. The first-order valence-electron chi connectivity index (χ1n) is 10.1. The first-order valence-corrected chi connectivity index (χ1v) is 10.1. The molecular weight excluding hydrogens is 376 g/mol. The summed E-state index contributed by atoms with van der Waals surface area (Å²) in [7, 11) is 0. The summed E-state index contributed by atoms with van der Waals surface area (Å²) in [6.45, 7) is 12.0. The molecule has 3 rings (SSSR count). The van der Waals surface area contributed by atoms with Crippen LogP contribution in [0.15, 0.2) is 18.2 Å². The second kappa shape index (κ2) is 11.6. The Hall–Kier alpha value is -2.39. The summed E-state index contributed by atoms with van der Waals surface area (Å²) >= 11 is 0. The van der Waals surface area contributed by atoms with Crippen LogP contribution in [0.3, 0.4) is 0 Å². The summed E-state index contributed by atoms with van der Waals surface area (Å²) in [5, 5.41) is 20.2. The Morgan fingerprint density at radius 3 is 2.31 bits per heavy atom. The Kier molecular flexibility index (Phi) is 9.14. The van der Waals surface area contributed by atoms with Crippen molar-refractivity contribution in [3.05, 3.63) is 23.9 Å². The fourth-order valence-corrected chi connectivity index (χ4v) is 3.39. The van der Waals surface area contributed by atoms with Crippen LogP contribution in [0.4, 0.5) is 0 Å². The predicted molar refractivity (Wildman–Crippen MR) is 108 cm³/mol. The minimum Gasteiger partial charge on any atom is -0.478 e. The second-order valence-corrected chi connectivity index (χ2v) is 7.48. The predicted octanol–water partition coefficient (Wildman–Crippen LogP) is 1.34. The number of rotatable bonds is 7. The van der Waals surface area contributed by atoms with Gasteiger partial charge in [-0.2, -0.15) is 0 Å². The van der Waals surface area contributed by atoms with E-state index in [0.717, 1.165) is 45.1 Å². The van der Waals surface area contributed by atoms with Crippen molar-refractivity contribution in [1.82, 2.24) is 19.6 Å². The van der Waals surface area contributed by atoms with Gasteiger partial charge in [0.25, 0.3) is 0 Å².